The number of aromatic nitrogens is 1. The lowest BCUT2D eigenvalue weighted by molar-refractivity contribution is 0.195. The molecule has 1 aliphatic rings. The van der Waals surface area contributed by atoms with Gasteiger partial charge in [0.15, 0.2) is 0 Å². The van der Waals surface area contributed by atoms with Gasteiger partial charge >= 0.3 is 0 Å². The number of benzene rings is 1. The van der Waals surface area contributed by atoms with E-state index >= 15 is 0 Å². The van der Waals surface area contributed by atoms with Crippen molar-refractivity contribution in [1.29, 1.82) is 0 Å². The largest absolute Gasteiger partial charge is 0.341 e. The Bertz CT molecular complexity index is 594. The molecule has 0 N–H and O–H groups in total. The number of likely N-dealkylation sites (tertiary alicyclic amines) is 1. The van der Waals surface area contributed by atoms with Gasteiger partial charge in [-0.05, 0) is 50.1 Å². The second-order valence-corrected chi connectivity index (χ2v) is 5.73. The van der Waals surface area contributed by atoms with E-state index < -0.39 is 0 Å². The first-order valence-corrected chi connectivity index (χ1v) is 7.74. The highest BCUT2D eigenvalue weighted by atomic mass is 19.1. The first kappa shape index (κ1) is 13.6. The molecule has 2 aromatic rings. The quantitative estimate of drug-likeness (QED) is 0.821. The average Bonchev–Trinajstić information content (AvgIpc) is 2.84. The Morgan fingerprint density at radius 2 is 1.90 bits per heavy atom. The maximum atomic E-state index is 13.4. The Morgan fingerprint density at radius 1 is 1.15 bits per heavy atom. The van der Waals surface area contributed by atoms with Crippen LogP contribution in [0.25, 0.3) is 10.9 Å². The van der Waals surface area contributed by atoms with E-state index in [1.165, 1.54) is 37.1 Å². The average molecular weight is 274 g/mol. The van der Waals surface area contributed by atoms with Gasteiger partial charge in [0, 0.05) is 35.7 Å². The van der Waals surface area contributed by atoms with E-state index in [2.05, 4.69) is 29.4 Å². The summed E-state index contributed by atoms with van der Waals surface area (Å²) in [7, 11) is 0. The second kappa shape index (κ2) is 5.57. The van der Waals surface area contributed by atoms with E-state index in [9.17, 15) is 4.39 Å². The van der Waals surface area contributed by atoms with Crippen LogP contribution in [0.15, 0.2) is 24.3 Å². The minimum atomic E-state index is -0.141. The van der Waals surface area contributed by atoms with E-state index in [1.54, 1.807) is 12.1 Å². The highest BCUT2D eigenvalue weighted by Crippen LogP contribution is 2.31. The first-order valence-electron chi connectivity index (χ1n) is 7.74. The molecular formula is C17H23FN2. The van der Waals surface area contributed by atoms with E-state index in [1.807, 2.05) is 6.07 Å². The van der Waals surface area contributed by atoms with Crippen LogP contribution in [0.5, 0.6) is 0 Å². The lowest BCUT2D eigenvalue weighted by atomic mass is 10.0. The molecule has 1 aliphatic heterocycles. The van der Waals surface area contributed by atoms with Crippen LogP contribution < -0.4 is 0 Å². The van der Waals surface area contributed by atoms with Crippen molar-refractivity contribution in [3.05, 3.63) is 35.8 Å². The van der Waals surface area contributed by atoms with Crippen molar-refractivity contribution in [2.24, 2.45) is 0 Å². The number of hydrogen-bond donors (Lipinski definition) is 0. The Hall–Kier alpha value is -1.35. The second-order valence-electron chi connectivity index (χ2n) is 5.73. The maximum absolute atomic E-state index is 13.4. The van der Waals surface area contributed by atoms with Crippen LogP contribution in [0.3, 0.4) is 0 Å². The molecule has 1 fully saturated rings. The van der Waals surface area contributed by atoms with Crippen LogP contribution in [0.2, 0.25) is 0 Å². The molecule has 0 amide bonds. The Morgan fingerprint density at radius 3 is 2.55 bits per heavy atom. The van der Waals surface area contributed by atoms with Gasteiger partial charge in [0.05, 0.1) is 0 Å². The molecule has 0 unspecified atom stereocenters. The van der Waals surface area contributed by atoms with Crippen molar-refractivity contribution in [1.82, 2.24) is 9.47 Å². The van der Waals surface area contributed by atoms with Crippen molar-refractivity contribution in [3.63, 3.8) is 0 Å². The molecule has 1 aromatic carbocycles. The first-order chi connectivity index (χ1) is 9.72. The summed E-state index contributed by atoms with van der Waals surface area (Å²) in [4.78, 5) is 2.51. The fourth-order valence-electron chi connectivity index (χ4n) is 3.46. The van der Waals surface area contributed by atoms with Gasteiger partial charge in [-0.1, -0.05) is 13.8 Å². The third-order valence-electron chi connectivity index (χ3n) is 4.61. The van der Waals surface area contributed by atoms with Gasteiger partial charge in [0.25, 0.3) is 0 Å². The lowest BCUT2D eigenvalue weighted by Gasteiger charge is -2.33. The minimum Gasteiger partial charge on any atom is -0.341 e. The van der Waals surface area contributed by atoms with Gasteiger partial charge in [-0.25, -0.2) is 4.39 Å². The molecule has 1 saturated heterocycles. The zero-order chi connectivity index (χ0) is 14.1. The van der Waals surface area contributed by atoms with Crippen molar-refractivity contribution < 1.29 is 4.39 Å². The number of fused-ring (bicyclic) bond motifs is 1. The van der Waals surface area contributed by atoms with Crippen LogP contribution in [0.1, 0.15) is 38.4 Å². The molecule has 20 heavy (non-hydrogen) atoms. The Kier molecular flexibility index (Phi) is 3.79. The molecule has 2 heterocycles. The predicted octanol–water partition coefficient (Wildman–Crippen LogP) is 4.00. The molecule has 0 atom stereocenters. The summed E-state index contributed by atoms with van der Waals surface area (Å²) in [6.07, 6.45) is 3.40. The maximum Gasteiger partial charge on any atom is 0.123 e. The molecule has 1 aromatic heterocycles. The van der Waals surface area contributed by atoms with Crippen molar-refractivity contribution in [2.45, 2.75) is 39.2 Å². The summed E-state index contributed by atoms with van der Waals surface area (Å²) in [6.45, 7) is 7.90. The van der Waals surface area contributed by atoms with Crippen LogP contribution in [-0.2, 0) is 6.42 Å². The topological polar surface area (TPSA) is 8.17 Å². The number of halogens is 1. The molecule has 0 spiro atoms. The van der Waals surface area contributed by atoms with Crippen LogP contribution >= 0.6 is 0 Å². The SMILES string of the molecule is CCc1cc2cc(F)ccc2n1C1CCN(CC)CC1. The van der Waals surface area contributed by atoms with Gasteiger partial charge in [-0.3, -0.25) is 0 Å². The summed E-state index contributed by atoms with van der Waals surface area (Å²) in [6, 6.07) is 7.91. The standard InChI is InChI=1S/C17H23FN2/c1-3-15-12-13-11-14(18)5-6-17(13)20(15)16-7-9-19(4-2)10-8-16/h5-6,11-12,16H,3-4,7-10H2,1-2H3. The van der Waals surface area contributed by atoms with Gasteiger partial charge in [-0.15, -0.1) is 0 Å². The van der Waals surface area contributed by atoms with E-state index in [-0.39, 0.29) is 5.82 Å². The molecule has 0 radical (unpaired) electrons. The lowest BCUT2D eigenvalue weighted by Crippen LogP contribution is -2.34. The van der Waals surface area contributed by atoms with E-state index in [4.69, 9.17) is 0 Å². The van der Waals surface area contributed by atoms with Gasteiger partial charge in [0.1, 0.15) is 5.82 Å². The fraction of sp³-hybridized carbons (Fsp3) is 0.529. The van der Waals surface area contributed by atoms with Crippen LogP contribution in [0.4, 0.5) is 4.39 Å². The Balaban J connectivity index is 1.97. The fourth-order valence-corrected chi connectivity index (χ4v) is 3.46. The zero-order valence-electron chi connectivity index (χ0n) is 12.4. The third kappa shape index (κ3) is 2.35. The van der Waals surface area contributed by atoms with Gasteiger partial charge < -0.3 is 9.47 Å². The van der Waals surface area contributed by atoms with E-state index in [0.29, 0.717) is 6.04 Å². The summed E-state index contributed by atoms with van der Waals surface area (Å²) in [5.74, 6) is -0.141. The van der Waals surface area contributed by atoms with E-state index in [0.717, 1.165) is 18.4 Å². The van der Waals surface area contributed by atoms with Crippen molar-refractivity contribution in [3.8, 4) is 0 Å². The molecule has 0 bridgehead atoms. The number of piperidine rings is 1. The normalized spacial score (nSPS) is 17.9. The van der Waals surface area contributed by atoms with Crippen molar-refractivity contribution in [2.75, 3.05) is 19.6 Å². The third-order valence-corrected chi connectivity index (χ3v) is 4.61. The minimum absolute atomic E-state index is 0.141. The predicted molar refractivity (Wildman–Crippen MR) is 81.7 cm³/mol. The molecule has 3 rings (SSSR count). The summed E-state index contributed by atoms with van der Waals surface area (Å²) >= 11 is 0. The highest BCUT2D eigenvalue weighted by molar-refractivity contribution is 5.81. The number of nitrogens with zero attached hydrogens (tertiary/aromatic N) is 2. The molecular weight excluding hydrogens is 251 g/mol. The molecule has 3 heteroatoms. The zero-order valence-corrected chi connectivity index (χ0v) is 12.4. The monoisotopic (exact) mass is 274 g/mol. The highest BCUT2D eigenvalue weighted by Gasteiger charge is 2.22. The summed E-state index contributed by atoms with van der Waals surface area (Å²) < 4.78 is 15.9. The van der Waals surface area contributed by atoms with Crippen molar-refractivity contribution >= 4 is 10.9 Å². The molecule has 108 valence electrons. The smallest absolute Gasteiger partial charge is 0.123 e. The summed E-state index contributed by atoms with van der Waals surface area (Å²) in [5.41, 5.74) is 2.53. The number of aryl methyl sites for hydroxylation is 1. The van der Waals surface area contributed by atoms with Gasteiger partial charge in [-0.2, -0.15) is 0 Å². The molecule has 0 saturated carbocycles. The molecule has 2 nitrogen and oxygen atoms in total. The summed E-state index contributed by atoms with van der Waals surface area (Å²) in [5, 5.41) is 1.04. The Labute approximate surface area is 120 Å². The molecule has 0 aliphatic carbocycles. The van der Waals surface area contributed by atoms with Crippen LogP contribution in [-0.4, -0.2) is 29.1 Å². The van der Waals surface area contributed by atoms with Crippen LogP contribution in [0, 0.1) is 5.82 Å². The number of hydrogen-bond acceptors (Lipinski definition) is 1. The van der Waals surface area contributed by atoms with Gasteiger partial charge in [0.2, 0.25) is 0 Å². The number of rotatable bonds is 3.